The third-order valence-corrected chi connectivity index (χ3v) is 3.86. The van der Waals surface area contributed by atoms with Crippen molar-refractivity contribution in [3.05, 3.63) is 45.4 Å². The summed E-state index contributed by atoms with van der Waals surface area (Å²) in [5.41, 5.74) is 2.19. The van der Waals surface area contributed by atoms with Crippen molar-refractivity contribution in [1.82, 2.24) is 4.98 Å². The molecular formula is C15H19NO2S. The minimum absolute atomic E-state index is 0.0669. The number of aliphatic hydroxyl groups excluding tert-OH is 1. The predicted octanol–water partition coefficient (Wildman–Crippen LogP) is 3.48. The molecule has 1 aromatic carbocycles. The number of rotatable bonds is 6. The third kappa shape index (κ3) is 3.78. The van der Waals surface area contributed by atoms with E-state index in [1.165, 1.54) is 16.9 Å². The van der Waals surface area contributed by atoms with Crippen LogP contribution in [0.2, 0.25) is 0 Å². The van der Waals surface area contributed by atoms with Crippen LogP contribution in [-0.2, 0) is 19.6 Å². The van der Waals surface area contributed by atoms with Crippen molar-refractivity contribution in [2.45, 2.75) is 39.9 Å². The summed E-state index contributed by atoms with van der Waals surface area (Å²) in [6.07, 6.45) is 1.95. The Bertz CT molecular complexity index is 537. The average Bonchev–Trinajstić information content (AvgIpc) is 2.79. The molecule has 1 N–H and O–H groups in total. The number of aliphatic hydroxyl groups is 1. The maximum absolute atomic E-state index is 9.31. The number of aromatic nitrogens is 1. The van der Waals surface area contributed by atoms with Crippen LogP contribution in [0, 0.1) is 6.92 Å². The van der Waals surface area contributed by atoms with Crippen LogP contribution in [0.15, 0.2) is 24.3 Å². The largest absolute Gasteiger partial charge is 0.486 e. The lowest BCUT2D eigenvalue weighted by Gasteiger charge is -2.04. The van der Waals surface area contributed by atoms with Gasteiger partial charge in [-0.1, -0.05) is 25.5 Å². The first kappa shape index (κ1) is 14.0. The molecule has 1 aromatic heterocycles. The Hall–Kier alpha value is -1.39. The van der Waals surface area contributed by atoms with E-state index in [1.807, 2.05) is 31.2 Å². The van der Waals surface area contributed by atoms with Gasteiger partial charge in [0.25, 0.3) is 0 Å². The molecular weight excluding hydrogens is 258 g/mol. The zero-order chi connectivity index (χ0) is 13.7. The Morgan fingerprint density at radius 2 is 2.21 bits per heavy atom. The predicted molar refractivity (Wildman–Crippen MR) is 77.5 cm³/mol. The highest BCUT2D eigenvalue weighted by Crippen LogP contribution is 2.22. The van der Waals surface area contributed by atoms with E-state index in [4.69, 9.17) is 4.74 Å². The lowest BCUT2D eigenvalue weighted by molar-refractivity contribution is 0.284. The van der Waals surface area contributed by atoms with Crippen molar-refractivity contribution in [2.75, 3.05) is 0 Å². The molecule has 2 aromatic rings. The van der Waals surface area contributed by atoms with Gasteiger partial charge < -0.3 is 9.84 Å². The van der Waals surface area contributed by atoms with E-state index in [1.54, 1.807) is 0 Å². The normalized spacial score (nSPS) is 10.7. The quantitative estimate of drug-likeness (QED) is 0.879. The first-order valence-corrected chi connectivity index (χ1v) is 7.32. The fraction of sp³-hybridized carbons (Fsp3) is 0.400. The maximum atomic E-state index is 9.31. The summed E-state index contributed by atoms with van der Waals surface area (Å²) in [5, 5.41) is 10.2. The monoisotopic (exact) mass is 277 g/mol. The number of hydrogen-bond donors (Lipinski definition) is 1. The van der Waals surface area contributed by atoms with Gasteiger partial charge in [-0.2, -0.15) is 0 Å². The van der Waals surface area contributed by atoms with Crippen LogP contribution in [-0.4, -0.2) is 10.1 Å². The zero-order valence-electron chi connectivity index (χ0n) is 11.3. The van der Waals surface area contributed by atoms with Crippen LogP contribution in [0.3, 0.4) is 0 Å². The van der Waals surface area contributed by atoms with Gasteiger partial charge in [-0.05, 0) is 31.0 Å². The molecule has 0 unspecified atom stereocenters. The van der Waals surface area contributed by atoms with E-state index in [0.717, 1.165) is 34.2 Å². The highest BCUT2D eigenvalue weighted by atomic mass is 32.1. The van der Waals surface area contributed by atoms with Gasteiger partial charge in [0.2, 0.25) is 0 Å². The van der Waals surface area contributed by atoms with E-state index < -0.39 is 0 Å². The minimum atomic E-state index is 0.0669. The first-order chi connectivity index (χ1) is 9.22. The van der Waals surface area contributed by atoms with Crippen LogP contribution in [0.4, 0.5) is 0 Å². The summed E-state index contributed by atoms with van der Waals surface area (Å²) in [5.74, 6) is 0.859. The Labute approximate surface area is 117 Å². The van der Waals surface area contributed by atoms with Crippen molar-refractivity contribution >= 4 is 11.3 Å². The van der Waals surface area contributed by atoms with E-state index in [-0.39, 0.29) is 6.61 Å². The van der Waals surface area contributed by atoms with Gasteiger partial charge >= 0.3 is 0 Å². The van der Waals surface area contributed by atoms with Gasteiger partial charge in [-0.15, -0.1) is 11.3 Å². The van der Waals surface area contributed by atoms with E-state index in [0.29, 0.717) is 6.61 Å². The minimum Gasteiger partial charge on any atom is -0.486 e. The molecule has 19 heavy (non-hydrogen) atoms. The van der Waals surface area contributed by atoms with E-state index >= 15 is 0 Å². The lowest BCUT2D eigenvalue weighted by Crippen LogP contribution is -1.96. The summed E-state index contributed by atoms with van der Waals surface area (Å²) < 4.78 is 5.73. The van der Waals surface area contributed by atoms with Crippen LogP contribution in [0.25, 0.3) is 0 Å². The molecule has 4 heteroatoms. The number of benzene rings is 1. The first-order valence-electron chi connectivity index (χ1n) is 6.50. The Morgan fingerprint density at radius 3 is 2.89 bits per heavy atom. The van der Waals surface area contributed by atoms with Gasteiger partial charge in [0.05, 0.1) is 17.2 Å². The molecule has 3 nitrogen and oxygen atoms in total. The molecule has 0 aliphatic heterocycles. The Kier molecular flexibility index (Phi) is 4.93. The summed E-state index contributed by atoms with van der Waals surface area (Å²) in [4.78, 5) is 5.50. The van der Waals surface area contributed by atoms with Crippen LogP contribution in [0.5, 0.6) is 5.75 Å². The molecule has 0 amide bonds. The topological polar surface area (TPSA) is 42.4 Å². The van der Waals surface area contributed by atoms with Crippen LogP contribution < -0.4 is 4.74 Å². The molecule has 1 heterocycles. The SMILES string of the molecule is CCCc1nc(COc2cccc(C)c2)sc1CO. The Balaban J connectivity index is 2.03. The molecule has 0 saturated carbocycles. The van der Waals surface area contributed by atoms with Crippen molar-refractivity contribution in [3.8, 4) is 5.75 Å². The summed E-state index contributed by atoms with van der Waals surface area (Å²) in [6, 6.07) is 7.97. The molecule has 0 aliphatic rings. The average molecular weight is 277 g/mol. The molecule has 0 spiro atoms. The van der Waals surface area contributed by atoms with Gasteiger partial charge in [0.1, 0.15) is 17.4 Å². The summed E-state index contributed by atoms with van der Waals surface area (Å²) in [7, 11) is 0. The number of aryl methyl sites for hydroxylation is 2. The maximum Gasteiger partial charge on any atom is 0.140 e. The van der Waals surface area contributed by atoms with Crippen molar-refractivity contribution in [2.24, 2.45) is 0 Å². The third-order valence-electron chi connectivity index (χ3n) is 2.80. The molecule has 0 bridgehead atoms. The molecule has 2 rings (SSSR count). The van der Waals surface area contributed by atoms with Crippen LogP contribution in [0.1, 0.15) is 34.5 Å². The van der Waals surface area contributed by atoms with Crippen molar-refractivity contribution < 1.29 is 9.84 Å². The standard InChI is InChI=1S/C15H19NO2S/c1-3-5-13-14(9-17)19-15(16-13)10-18-12-7-4-6-11(2)8-12/h4,6-8,17H,3,5,9-10H2,1-2H3. The Morgan fingerprint density at radius 1 is 1.37 bits per heavy atom. The number of nitrogens with zero attached hydrogens (tertiary/aromatic N) is 1. The van der Waals surface area contributed by atoms with E-state index in [2.05, 4.69) is 11.9 Å². The number of hydrogen-bond acceptors (Lipinski definition) is 4. The molecule has 0 atom stereocenters. The smallest absolute Gasteiger partial charge is 0.140 e. The summed E-state index contributed by atoms with van der Waals surface area (Å²) in [6.45, 7) is 4.69. The van der Waals surface area contributed by atoms with Gasteiger partial charge in [-0.25, -0.2) is 4.98 Å². The molecule has 0 aliphatic carbocycles. The molecule has 0 fully saturated rings. The second kappa shape index (κ2) is 6.68. The summed E-state index contributed by atoms with van der Waals surface area (Å²) >= 11 is 1.54. The van der Waals surface area contributed by atoms with Crippen molar-refractivity contribution in [1.29, 1.82) is 0 Å². The number of thiazole rings is 1. The van der Waals surface area contributed by atoms with Gasteiger partial charge in [0, 0.05) is 0 Å². The fourth-order valence-electron chi connectivity index (χ4n) is 1.90. The second-order valence-corrected chi connectivity index (χ2v) is 5.66. The second-order valence-electron chi connectivity index (χ2n) is 4.49. The highest BCUT2D eigenvalue weighted by molar-refractivity contribution is 7.11. The zero-order valence-corrected chi connectivity index (χ0v) is 12.2. The van der Waals surface area contributed by atoms with Gasteiger partial charge in [-0.3, -0.25) is 0 Å². The van der Waals surface area contributed by atoms with E-state index in [9.17, 15) is 5.11 Å². The highest BCUT2D eigenvalue weighted by Gasteiger charge is 2.10. The van der Waals surface area contributed by atoms with Crippen LogP contribution >= 0.6 is 11.3 Å². The molecule has 102 valence electrons. The number of ether oxygens (including phenoxy) is 1. The lowest BCUT2D eigenvalue weighted by atomic mass is 10.2. The molecule has 0 saturated heterocycles. The fourth-order valence-corrected chi connectivity index (χ4v) is 2.79. The molecule has 0 radical (unpaired) electrons. The van der Waals surface area contributed by atoms with Crippen molar-refractivity contribution in [3.63, 3.8) is 0 Å². The van der Waals surface area contributed by atoms with Gasteiger partial charge in [0.15, 0.2) is 0 Å².